The molecule has 0 spiro atoms. The van der Waals surface area contributed by atoms with E-state index in [0.29, 0.717) is 17.2 Å². The van der Waals surface area contributed by atoms with E-state index in [1.54, 1.807) is 12.1 Å². The Morgan fingerprint density at radius 3 is 2.10 bits per heavy atom. The quantitative estimate of drug-likeness (QED) is 0.344. The van der Waals surface area contributed by atoms with Gasteiger partial charge in [0.15, 0.2) is 11.6 Å². The van der Waals surface area contributed by atoms with Crippen LogP contribution in [0.15, 0.2) is 54.6 Å². The molecule has 0 aromatic heterocycles. The van der Waals surface area contributed by atoms with Crippen molar-refractivity contribution >= 4 is 10.8 Å². The van der Waals surface area contributed by atoms with Gasteiger partial charge in [0.2, 0.25) is 0 Å². The number of hydrogen-bond donors (Lipinski definition) is 0. The zero-order valence-corrected chi connectivity index (χ0v) is 18.0. The van der Waals surface area contributed by atoms with Gasteiger partial charge in [-0.15, -0.1) is 0 Å². The largest absolute Gasteiger partial charge is 0.204 e. The molecule has 30 heavy (non-hydrogen) atoms. The highest BCUT2D eigenvalue weighted by atomic mass is 19.2. The summed E-state index contributed by atoms with van der Waals surface area (Å²) >= 11 is 0. The van der Waals surface area contributed by atoms with Crippen molar-refractivity contribution in [3.63, 3.8) is 0 Å². The van der Waals surface area contributed by atoms with E-state index in [2.05, 4.69) is 37.3 Å². The molecule has 0 unspecified atom stereocenters. The highest BCUT2D eigenvalue weighted by Gasteiger charge is 2.24. The molecule has 0 radical (unpaired) electrons. The second-order valence-corrected chi connectivity index (χ2v) is 8.94. The topological polar surface area (TPSA) is 0 Å². The Morgan fingerprint density at radius 2 is 1.40 bits per heavy atom. The zero-order chi connectivity index (χ0) is 20.9. The predicted molar refractivity (Wildman–Crippen MR) is 122 cm³/mol. The summed E-state index contributed by atoms with van der Waals surface area (Å²) in [6.07, 6.45) is 11.1. The Labute approximate surface area is 179 Å². The molecule has 0 saturated heterocycles. The Bertz CT molecular complexity index is 966. The van der Waals surface area contributed by atoms with Crippen LogP contribution in [0, 0.1) is 11.6 Å². The number of aryl methyl sites for hydroxylation is 1. The fourth-order valence-electron chi connectivity index (χ4n) is 5.01. The maximum absolute atomic E-state index is 14.0. The van der Waals surface area contributed by atoms with E-state index >= 15 is 0 Å². The fourth-order valence-corrected chi connectivity index (χ4v) is 5.01. The molecular weight excluding hydrogens is 374 g/mol. The maximum Gasteiger partial charge on any atom is 0.166 e. The third-order valence-electron chi connectivity index (χ3n) is 6.90. The van der Waals surface area contributed by atoms with Gasteiger partial charge in [-0.1, -0.05) is 74.7 Å². The number of unbranched alkanes of at least 4 members (excludes halogenated alkanes) is 3. The Balaban J connectivity index is 1.36. The van der Waals surface area contributed by atoms with E-state index in [1.165, 1.54) is 67.7 Å². The molecule has 3 aromatic carbocycles. The van der Waals surface area contributed by atoms with Crippen molar-refractivity contribution in [3.05, 3.63) is 82.9 Å². The van der Waals surface area contributed by atoms with Crippen molar-refractivity contribution < 1.29 is 8.78 Å². The second-order valence-electron chi connectivity index (χ2n) is 8.94. The molecule has 0 atom stereocenters. The lowest BCUT2D eigenvalue weighted by Crippen LogP contribution is -2.12. The van der Waals surface area contributed by atoms with E-state index in [1.807, 2.05) is 6.07 Å². The summed E-state index contributed by atoms with van der Waals surface area (Å²) in [6, 6.07) is 18.0. The fraction of sp³-hybridized carbons (Fsp3) is 0.429. The Hall–Kier alpha value is -2.22. The maximum atomic E-state index is 14.0. The third kappa shape index (κ3) is 4.74. The van der Waals surface area contributed by atoms with Gasteiger partial charge >= 0.3 is 0 Å². The van der Waals surface area contributed by atoms with E-state index in [4.69, 9.17) is 0 Å². The first-order valence-corrected chi connectivity index (χ1v) is 11.6. The molecule has 1 saturated carbocycles. The first kappa shape index (κ1) is 21.0. The van der Waals surface area contributed by atoms with Crippen LogP contribution in [-0.2, 0) is 6.42 Å². The number of benzene rings is 3. The monoisotopic (exact) mass is 406 g/mol. The van der Waals surface area contributed by atoms with Gasteiger partial charge in [-0.3, -0.25) is 0 Å². The smallest absolute Gasteiger partial charge is 0.166 e. The number of halogens is 2. The molecule has 0 amide bonds. The molecule has 1 fully saturated rings. The van der Waals surface area contributed by atoms with E-state index in [9.17, 15) is 8.78 Å². The van der Waals surface area contributed by atoms with E-state index < -0.39 is 11.6 Å². The number of hydrogen-bond acceptors (Lipinski definition) is 0. The lowest BCUT2D eigenvalue weighted by molar-refractivity contribution is 0.396. The molecule has 0 N–H and O–H groups in total. The van der Waals surface area contributed by atoms with Crippen molar-refractivity contribution in [1.82, 2.24) is 0 Å². The van der Waals surface area contributed by atoms with Gasteiger partial charge in [-0.25, -0.2) is 8.78 Å². The molecule has 0 aliphatic heterocycles. The van der Waals surface area contributed by atoms with Crippen molar-refractivity contribution in [2.24, 2.45) is 0 Å². The average Bonchev–Trinajstić information content (AvgIpc) is 2.80. The summed E-state index contributed by atoms with van der Waals surface area (Å²) in [5.41, 5.74) is 4.19. The second kappa shape index (κ2) is 9.73. The Kier molecular flexibility index (Phi) is 6.82. The van der Waals surface area contributed by atoms with Crippen molar-refractivity contribution in [2.75, 3.05) is 0 Å². The minimum absolute atomic E-state index is 0.377. The highest BCUT2D eigenvalue weighted by Crippen LogP contribution is 2.41. The molecule has 0 nitrogen and oxygen atoms in total. The van der Waals surface area contributed by atoms with Gasteiger partial charge in [0, 0.05) is 5.39 Å². The van der Waals surface area contributed by atoms with Crippen LogP contribution < -0.4 is 0 Å². The van der Waals surface area contributed by atoms with Crippen molar-refractivity contribution in [3.8, 4) is 0 Å². The molecule has 4 rings (SSSR count). The van der Waals surface area contributed by atoms with Gasteiger partial charge in [0.1, 0.15) is 0 Å². The lowest BCUT2D eigenvalue weighted by Gasteiger charge is -2.29. The van der Waals surface area contributed by atoms with Crippen LogP contribution in [0.2, 0.25) is 0 Å². The minimum atomic E-state index is -0.775. The van der Waals surface area contributed by atoms with Crippen LogP contribution >= 0.6 is 0 Å². The lowest BCUT2D eigenvalue weighted by atomic mass is 9.76. The Morgan fingerprint density at radius 1 is 0.733 bits per heavy atom. The molecular formula is C28H32F2. The molecule has 2 heteroatoms. The summed E-state index contributed by atoms with van der Waals surface area (Å²) < 4.78 is 27.4. The molecule has 1 aliphatic carbocycles. The van der Waals surface area contributed by atoms with Gasteiger partial charge in [0.25, 0.3) is 0 Å². The average molecular weight is 407 g/mol. The van der Waals surface area contributed by atoms with Crippen molar-refractivity contribution in [1.29, 1.82) is 0 Å². The SMILES string of the molecule is CCCCCCc1ccc(C2CCC(c3ccc4c(F)c(F)ccc4c3)CC2)cc1. The molecule has 0 bridgehead atoms. The van der Waals surface area contributed by atoms with Crippen LogP contribution in [-0.4, -0.2) is 0 Å². The first-order valence-electron chi connectivity index (χ1n) is 11.6. The molecule has 3 aromatic rings. The first-order chi connectivity index (χ1) is 14.7. The summed E-state index contributed by atoms with van der Waals surface area (Å²) in [5, 5.41) is 1.17. The van der Waals surface area contributed by atoms with Crippen LogP contribution in [0.1, 0.15) is 86.8 Å². The summed E-state index contributed by atoms with van der Waals surface area (Å²) in [6.45, 7) is 2.25. The summed E-state index contributed by atoms with van der Waals surface area (Å²) in [7, 11) is 0. The van der Waals surface area contributed by atoms with Gasteiger partial charge in [-0.05, 0) is 78.5 Å². The molecule has 0 heterocycles. The van der Waals surface area contributed by atoms with Crippen LogP contribution in [0.3, 0.4) is 0 Å². The standard InChI is InChI=1S/C28H32F2/c1-2-3-4-5-6-20-7-9-21(10-8-20)22-11-13-23(14-12-22)24-15-17-26-25(19-24)16-18-27(29)28(26)30/h7-10,15-19,22-23H,2-6,11-14H2,1H3. The predicted octanol–water partition coefficient (Wildman–Crippen LogP) is 8.68. The highest BCUT2D eigenvalue weighted by molar-refractivity contribution is 5.84. The summed E-state index contributed by atoms with van der Waals surface area (Å²) in [5.74, 6) is -0.363. The van der Waals surface area contributed by atoms with Crippen molar-refractivity contribution in [2.45, 2.75) is 76.5 Å². The molecule has 1 aliphatic rings. The van der Waals surface area contributed by atoms with E-state index in [0.717, 1.165) is 18.2 Å². The van der Waals surface area contributed by atoms with Crippen LogP contribution in [0.25, 0.3) is 10.8 Å². The van der Waals surface area contributed by atoms with Crippen LogP contribution in [0.4, 0.5) is 8.78 Å². The summed E-state index contributed by atoms with van der Waals surface area (Å²) in [4.78, 5) is 0. The number of fused-ring (bicyclic) bond motifs is 1. The molecule has 158 valence electrons. The minimum Gasteiger partial charge on any atom is -0.204 e. The zero-order valence-electron chi connectivity index (χ0n) is 18.0. The normalized spacial score (nSPS) is 19.3. The van der Waals surface area contributed by atoms with E-state index in [-0.39, 0.29) is 0 Å². The van der Waals surface area contributed by atoms with Gasteiger partial charge < -0.3 is 0 Å². The van der Waals surface area contributed by atoms with Gasteiger partial charge in [0.05, 0.1) is 0 Å². The number of rotatable bonds is 7. The van der Waals surface area contributed by atoms with Gasteiger partial charge in [-0.2, -0.15) is 0 Å². The van der Waals surface area contributed by atoms with Crippen LogP contribution in [0.5, 0.6) is 0 Å². The third-order valence-corrected chi connectivity index (χ3v) is 6.90.